The van der Waals surface area contributed by atoms with Crippen LogP contribution in [0.2, 0.25) is 0 Å². The predicted molar refractivity (Wildman–Crippen MR) is 47.5 cm³/mol. The molecule has 1 aromatic heterocycles. The van der Waals surface area contributed by atoms with E-state index in [-0.39, 0.29) is 0 Å². The SMILES string of the molecule is C=Nc1ccc2[nH]ccc2c1. The van der Waals surface area contributed by atoms with Crippen molar-refractivity contribution in [3.05, 3.63) is 30.5 Å². The molecule has 2 nitrogen and oxygen atoms in total. The summed E-state index contributed by atoms with van der Waals surface area (Å²) in [7, 11) is 0. The standard InChI is InChI=1S/C9H8N2/c1-10-8-2-3-9-7(6-8)4-5-11-9/h2-6,11H,1H2. The molecule has 1 aromatic carbocycles. The van der Waals surface area contributed by atoms with Crippen molar-refractivity contribution in [1.82, 2.24) is 4.98 Å². The molecular weight excluding hydrogens is 136 g/mol. The third kappa shape index (κ3) is 0.923. The monoisotopic (exact) mass is 144 g/mol. The molecule has 0 fully saturated rings. The molecule has 2 heteroatoms. The molecule has 0 saturated carbocycles. The van der Waals surface area contributed by atoms with E-state index in [0.717, 1.165) is 11.2 Å². The van der Waals surface area contributed by atoms with Gasteiger partial charge in [-0.05, 0) is 31.0 Å². The largest absolute Gasteiger partial charge is 0.361 e. The van der Waals surface area contributed by atoms with Crippen molar-refractivity contribution >= 4 is 23.3 Å². The van der Waals surface area contributed by atoms with Crippen LogP contribution >= 0.6 is 0 Å². The average Bonchev–Trinajstić information content (AvgIpc) is 2.50. The number of nitrogens with one attached hydrogen (secondary N) is 1. The van der Waals surface area contributed by atoms with Crippen LogP contribution in [0.25, 0.3) is 10.9 Å². The molecule has 0 aliphatic heterocycles. The molecule has 0 bridgehead atoms. The first kappa shape index (κ1) is 6.16. The number of benzene rings is 1. The Morgan fingerprint density at radius 3 is 3.00 bits per heavy atom. The van der Waals surface area contributed by atoms with Gasteiger partial charge in [-0.15, -0.1) is 0 Å². The third-order valence-corrected chi connectivity index (χ3v) is 1.72. The number of aromatic amines is 1. The quantitative estimate of drug-likeness (QED) is 0.596. The number of aromatic nitrogens is 1. The molecule has 0 radical (unpaired) electrons. The molecule has 0 saturated heterocycles. The Morgan fingerprint density at radius 2 is 2.18 bits per heavy atom. The van der Waals surface area contributed by atoms with Crippen molar-refractivity contribution in [3.8, 4) is 0 Å². The molecule has 2 rings (SSSR count). The summed E-state index contributed by atoms with van der Waals surface area (Å²) < 4.78 is 0. The summed E-state index contributed by atoms with van der Waals surface area (Å²) in [6, 6.07) is 7.95. The summed E-state index contributed by atoms with van der Waals surface area (Å²) in [5, 5.41) is 1.18. The molecule has 0 aliphatic carbocycles. The van der Waals surface area contributed by atoms with E-state index in [4.69, 9.17) is 0 Å². The minimum Gasteiger partial charge on any atom is -0.361 e. The number of rotatable bonds is 1. The number of hydrogen-bond acceptors (Lipinski definition) is 1. The smallest absolute Gasteiger partial charge is 0.0629 e. The second-order valence-electron chi connectivity index (χ2n) is 2.41. The highest BCUT2D eigenvalue weighted by Crippen LogP contribution is 2.18. The fraction of sp³-hybridized carbons (Fsp3) is 0. The first-order chi connectivity index (χ1) is 5.40. The van der Waals surface area contributed by atoms with E-state index in [9.17, 15) is 0 Å². The number of H-pyrrole nitrogens is 1. The van der Waals surface area contributed by atoms with E-state index in [1.807, 2.05) is 30.5 Å². The van der Waals surface area contributed by atoms with E-state index in [1.165, 1.54) is 5.39 Å². The summed E-state index contributed by atoms with van der Waals surface area (Å²) >= 11 is 0. The highest BCUT2D eigenvalue weighted by molar-refractivity contribution is 5.82. The minimum atomic E-state index is 0.914. The maximum absolute atomic E-state index is 3.84. The van der Waals surface area contributed by atoms with Gasteiger partial charge in [-0.2, -0.15) is 0 Å². The zero-order valence-corrected chi connectivity index (χ0v) is 6.04. The van der Waals surface area contributed by atoms with Gasteiger partial charge in [0.25, 0.3) is 0 Å². The van der Waals surface area contributed by atoms with Gasteiger partial charge in [0.05, 0.1) is 5.69 Å². The summed E-state index contributed by atoms with van der Waals surface area (Å²) in [5.74, 6) is 0. The molecule has 11 heavy (non-hydrogen) atoms. The predicted octanol–water partition coefficient (Wildman–Crippen LogP) is 2.50. The maximum Gasteiger partial charge on any atom is 0.0629 e. The van der Waals surface area contributed by atoms with Gasteiger partial charge in [0.1, 0.15) is 0 Å². The minimum absolute atomic E-state index is 0.914. The Bertz CT molecular complexity index is 387. The number of hydrogen-bond donors (Lipinski definition) is 1. The summed E-state index contributed by atoms with van der Waals surface area (Å²) in [4.78, 5) is 6.95. The lowest BCUT2D eigenvalue weighted by atomic mass is 10.2. The van der Waals surface area contributed by atoms with Gasteiger partial charge < -0.3 is 4.98 Å². The van der Waals surface area contributed by atoms with Crippen molar-refractivity contribution in [2.45, 2.75) is 0 Å². The van der Waals surface area contributed by atoms with Crippen LogP contribution in [0.1, 0.15) is 0 Å². The van der Waals surface area contributed by atoms with Crippen LogP contribution in [-0.2, 0) is 0 Å². The Hall–Kier alpha value is -1.57. The molecule has 2 aromatic rings. The van der Waals surface area contributed by atoms with E-state index < -0.39 is 0 Å². The van der Waals surface area contributed by atoms with Crippen molar-refractivity contribution < 1.29 is 0 Å². The third-order valence-electron chi connectivity index (χ3n) is 1.72. The summed E-state index contributed by atoms with van der Waals surface area (Å²) in [5.41, 5.74) is 2.05. The molecule has 0 spiro atoms. The topological polar surface area (TPSA) is 28.1 Å². The number of aliphatic imine (C=N–C) groups is 1. The lowest BCUT2D eigenvalue weighted by molar-refractivity contribution is 1.47. The van der Waals surface area contributed by atoms with Crippen LogP contribution in [0.4, 0.5) is 5.69 Å². The molecule has 1 N–H and O–H groups in total. The van der Waals surface area contributed by atoms with Gasteiger partial charge in [0, 0.05) is 17.1 Å². The van der Waals surface area contributed by atoms with E-state index in [0.29, 0.717) is 0 Å². The Balaban J connectivity index is 2.76. The van der Waals surface area contributed by atoms with Crippen molar-refractivity contribution in [1.29, 1.82) is 0 Å². The first-order valence-electron chi connectivity index (χ1n) is 3.44. The second kappa shape index (κ2) is 2.23. The molecule has 0 unspecified atom stereocenters. The van der Waals surface area contributed by atoms with Crippen molar-refractivity contribution in [3.63, 3.8) is 0 Å². The van der Waals surface area contributed by atoms with E-state index in [2.05, 4.69) is 16.7 Å². The molecule has 1 heterocycles. The van der Waals surface area contributed by atoms with Gasteiger partial charge in [-0.25, -0.2) is 0 Å². The molecule has 0 amide bonds. The first-order valence-corrected chi connectivity index (χ1v) is 3.44. The number of fused-ring (bicyclic) bond motifs is 1. The van der Waals surface area contributed by atoms with E-state index in [1.54, 1.807) is 0 Å². The zero-order chi connectivity index (χ0) is 7.68. The van der Waals surface area contributed by atoms with Gasteiger partial charge in [-0.3, -0.25) is 4.99 Å². The van der Waals surface area contributed by atoms with Crippen molar-refractivity contribution in [2.24, 2.45) is 4.99 Å². The van der Waals surface area contributed by atoms with Crippen LogP contribution < -0.4 is 0 Å². The normalized spacial score (nSPS) is 10.2. The van der Waals surface area contributed by atoms with Crippen LogP contribution in [-0.4, -0.2) is 11.7 Å². The second-order valence-corrected chi connectivity index (χ2v) is 2.41. The van der Waals surface area contributed by atoms with Crippen LogP contribution in [0.15, 0.2) is 35.5 Å². The van der Waals surface area contributed by atoms with Gasteiger partial charge >= 0.3 is 0 Å². The lowest BCUT2D eigenvalue weighted by Crippen LogP contribution is -1.65. The Morgan fingerprint density at radius 1 is 1.27 bits per heavy atom. The maximum atomic E-state index is 3.84. The summed E-state index contributed by atoms with van der Waals surface area (Å²) in [6.07, 6.45) is 1.91. The Kier molecular flexibility index (Phi) is 1.25. The Labute approximate surface area is 64.6 Å². The highest BCUT2D eigenvalue weighted by Gasteiger charge is 1.93. The molecule has 0 atom stereocenters. The van der Waals surface area contributed by atoms with Crippen LogP contribution in [0.3, 0.4) is 0 Å². The van der Waals surface area contributed by atoms with E-state index >= 15 is 0 Å². The van der Waals surface area contributed by atoms with Crippen LogP contribution in [0, 0.1) is 0 Å². The van der Waals surface area contributed by atoms with Gasteiger partial charge in [0.15, 0.2) is 0 Å². The summed E-state index contributed by atoms with van der Waals surface area (Å²) in [6.45, 7) is 3.46. The number of nitrogens with zero attached hydrogens (tertiary/aromatic N) is 1. The lowest BCUT2D eigenvalue weighted by Gasteiger charge is -1.91. The highest BCUT2D eigenvalue weighted by atomic mass is 14.7. The van der Waals surface area contributed by atoms with Gasteiger partial charge in [-0.1, -0.05) is 0 Å². The fourth-order valence-corrected chi connectivity index (χ4v) is 1.14. The van der Waals surface area contributed by atoms with Gasteiger partial charge in [0.2, 0.25) is 0 Å². The average molecular weight is 144 g/mol. The fourth-order valence-electron chi connectivity index (χ4n) is 1.14. The van der Waals surface area contributed by atoms with Crippen LogP contribution in [0.5, 0.6) is 0 Å². The molecule has 0 aliphatic rings. The molecule has 54 valence electrons. The van der Waals surface area contributed by atoms with Crippen molar-refractivity contribution in [2.75, 3.05) is 0 Å². The zero-order valence-electron chi connectivity index (χ0n) is 6.04. The molecular formula is C9H8N2.